The van der Waals surface area contributed by atoms with Crippen molar-refractivity contribution >= 4 is 112 Å². The lowest BCUT2D eigenvalue weighted by Gasteiger charge is -2.27. The zero-order chi connectivity index (χ0) is 49.8. The van der Waals surface area contributed by atoms with Crippen molar-refractivity contribution in [1.82, 2.24) is 29.7 Å². The molecule has 4 N–H and O–H groups in total. The van der Waals surface area contributed by atoms with E-state index in [9.17, 15) is 19.2 Å². The van der Waals surface area contributed by atoms with Crippen LogP contribution in [0.3, 0.4) is 0 Å². The minimum atomic E-state index is -0.649. The third-order valence-corrected chi connectivity index (χ3v) is 15.6. The average Bonchev–Trinajstić information content (AvgIpc) is 4.25. The number of imide groups is 2. The van der Waals surface area contributed by atoms with Gasteiger partial charge in [0, 0.05) is 79.0 Å². The monoisotopic (exact) mass is 990 g/mol. The van der Waals surface area contributed by atoms with E-state index in [2.05, 4.69) is 49.5 Å². The number of allylic oxidation sites excluding steroid dienone is 2. The highest BCUT2D eigenvalue weighted by Crippen LogP contribution is 2.49. The number of H-pyrrole nitrogens is 2. The summed E-state index contributed by atoms with van der Waals surface area (Å²) in [5, 5.41) is 10.6. The van der Waals surface area contributed by atoms with Crippen molar-refractivity contribution in [3.8, 4) is 0 Å². The maximum atomic E-state index is 13.3. The summed E-state index contributed by atoms with van der Waals surface area (Å²) in [5.74, 6) is -2.85. The second-order valence-corrected chi connectivity index (χ2v) is 20.9. The highest BCUT2D eigenvalue weighted by Gasteiger charge is 2.46. The molecular formula is C58H47ClN6O8. The van der Waals surface area contributed by atoms with Crippen LogP contribution in [-0.4, -0.2) is 78.7 Å². The molecule has 6 aliphatic rings. The molecule has 6 atom stereocenters. The second kappa shape index (κ2) is 15.7. The molecule has 364 valence electrons. The number of benzene rings is 5. The lowest BCUT2D eigenvalue weighted by Crippen LogP contribution is -2.28. The summed E-state index contributed by atoms with van der Waals surface area (Å²) in [6.45, 7) is 7.72. The van der Waals surface area contributed by atoms with E-state index in [1.807, 2.05) is 129 Å². The Morgan fingerprint density at radius 2 is 1.05 bits per heavy atom. The van der Waals surface area contributed by atoms with E-state index in [0.29, 0.717) is 39.4 Å². The first-order valence-corrected chi connectivity index (χ1v) is 25.0. The normalized spacial score (nSPS) is 24.8. The van der Waals surface area contributed by atoms with Crippen molar-refractivity contribution in [3.05, 3.63) is 155 Å². The van der Waals surface area contributed by atoms with Crippen molar-refractivity contribution in [1.29, 1.82) is 0 Å². The Balaban J connectivity index is 0.000000135. The van der Waals surface area contributed by atoms with Gasteiger partial charge >= 0.3 is 0 Å². The molecule has 73 heavy (non-hydrogen) atoms. The number of para-hydroxylation sites is 4. The van der Waals surface area contributed by atoms with E-state index in [-0.39, 0.29) is 53.9 Å². The fraction of sp³-hybridized carbons (Fsp3) is 0.241. The number of nitrogens with one attached hydrogen (secondary N) is 4. The Morgan fingerprint density at radius 3 is 1.73 bits per heavy atom. The molecule has 0 bridgehead atoms. The van der Waals surface area contributed by atoms with Crippen LogP contribution in [0, 0.1) is 0 Å². The smallest absolute Gasteiger partial charge is 0.259 e. The predicted molar refractivity (Wildman–Crippen MR) is 279 cm³/mol. The van der Waals surface area contributed by atoms with Gasteiger partial charge in [-0.15, -0.1) is 0 Å². The van der Waals surface area contributed by atoms with Gasteiger partial charge in [0.2, 0.25) is 0 Å². The molecule has 15 rings (SSSR count). The van der Waals surface area contributed by atoms with Gasteiger partial charge in [-0.3, -0.25) is 29.8 Å². The molecule has 2 saturated heterocycles. The first kappa shape index (κ1) is 44.1. The topological polar surface area (TPSA) is 171 Å². The van der Waals surface area contributed by atoms with E-state index < -0.39 is 23.4 Å². The highest BCUT2D eigenvalue weighted by atomic mass is 35.5. The lowest BCUT2D eigenvalue weighted by molar-refractivity contribution is -0.143. The zero-order valence-corrected chi connectivity index (χ0v) is 40.8. The van der Waals surface area contributed by atoms with E-state index in [0.717, 1.165) is 71.8 Å². The van der Waals surface area contributed by atoms with Gasteiger partial charge in [-0.1, -0.05) is 109 Å². The Labute approximate surface area is 421 Å². The summed E-state index contributed by atoms with van der Waals surface area (Å²) < 4.78 is 28.8. The molecule has 0 spiro atoms. The van der Waals surface area contributed by atoms with Gasteiger partial charge in [0.15, 0.2) is 11.6 Å². The molecule has 14 nitrogen and oxygen atoms in total. The summed E-state index contributed by atoms with van der Waals surface area (Å²) >= 11 is 7.15. The number of amides is 4. The molecule has 4 aliphatic heterocycles. The first-order valence-electron chi connectivity index (χ1n) is 24.6. The molecule has 0 saturated carbocycles. The summed E-state index contributed by atoms with van der Waals surface area (Å²) in [7, 11) is 0. The van der Waals surface area contributed by atoms with Crippen LogP contribution < -0.4 is 10.6 Å². The van der Waals surface area contributed by atoms with Gasteiger partial charge in [0.1, 0.15) is 17.4 Å². The summed E-state index contributed by atoms with van der Waals surface area (Å²) in [5.41, 5.74) is 8.25. The molecule has 4 aromatic heterocycles. The predicted octanol–water partition coefficient (Wildman–Crippen LogP) is 10.7. The Bertz CT molecular complexity index is 4050. The van der Waals surface area contributed by atoms with E-state index in [4.69, 9.17) is 30.5 Å². The molecule has 8 heterocycles. The molecule has 9 aromatic rings. The number of rotatable bonds is 4. The third-order valence-electron chi connectivity index (χ3n) is 15.3. The van der Waals surface area contributed by atoms with Crippen LogP contribution in [0.2, 0.25) is 5.15 Å². The number of aromatic amines is 2. The van der Waals surface area contributed by atoms with Crippen LogP contribution in [0.5, 0.6) is 0 Å². The van der Waals surface area contributed by atoms with Crippen LogP contribution in [-0.2, 0) is 28.5 Å². The molecule has 4 amide bonds. The Kier molecular flexibility index (Phi) is 9.50. The largest absolute Gasteiger partial charge is 0.361 e. The summed E-state index contributed by atoms with van der Waals surface area (Å²) in [6, 6.07) is 31.4. The van der Waals surface area contributed by atoms with Crippen molar-refractivity contribution < 1.29 is 38.1 Å². The zero-order valence-electron chi connectivity index (χ0n) is 40.0. The highest BCUT2D eigenvalue weighted by molar-refractivity contribution is 6.52. The van der Waals surface area contributed by atoms with Crippen molar-refractivity contribution in [2.45, 2.75) is 88.6 Å². The summed E-state index contributed by atoms with van der Waals surface area (Å²) in [6.07, 6.45) is 11.2. The molecule has 2 aliphatic carbocycles. The molecule has 0 unspecified atom stereocenters. The SMILES string of the molecule is CC1(C)O[C@H]2C=C[C@H](n3c(Cl)c(C4=C(c5c[nH]c6ccccc56)C(=O)NC4=O)c4ccccc43)C[C@H]2O1.CC1(C)O[C@H]2C=C[C@H](n3c4ccccc4c4c5c(c6c7ccccc7[nH]c6c43)C(=O)NC5=O)C[C@H]2O1. The lowest BCUT2D eigenvalue weighted by atomic mass is 9.95. The minimum Gasteiger partial charge on any atom is -0.361 e. The van der Waals surface area contributed by atoms with Crippen LogP contribution in [0.25, 0.3) is 76.6 Å². The van der Waals surface area contributed by atoms with E-state index in [1.54, 1.807) is 6.20 Å². The first-order chi connectivity index (χ1) is 35.2. The van der Waals surface area contributed by atoms with Gasteiger partial charge in [0.05, 0.1) is 63.1 Å². The molecular weight excluding hydrogens is 944 g/mol. The van der Waals surface area contributed by atoms with Crippen LogP contribution in [0.1, 0.15) is 84.5 Å². The Morgan fingerprint density at radius 1 is 0.534 bits per heavy atom. The van der Waals surface area contributed by atoms with Crippen molar-refractivity contribution in [3.63, 3.8) is 0 Å². The fourth-order valence-corrected chi connectivity index (χ4v) is 13.0. The molecule has 15 heteroatoms. The standard InChI is InChI=1S/C29H24ClN3O4.C29H23N3O4/c1-29(2)36-21-12-11-15(13-22(21)37-29)33-20-10-6-4-8-17(20)23(26(33)30)25-24(27(34)32-28(25)35)18-14-31-19-9-5-3-7-16(18)19;1-29(2)35-19-12-11-14(13-20(19)36-29)32-18-10-6-4-8-16(18)22-24-23(27(33)31-28(24)34)21-15-7-3-5-9-17(15)30-25(21)26(22)32/h3-12,14-15,21-22,31H,13H2,1-2H3,(H,32,34,35);3-12,14,19-20,30H,13H2,1-2H3,(H,31,33,34)/t15-,21-,22+;14-,19-,20+/m00/s1. The van der Waals surface area contributed by atoms with E-state index >= 15 is 0 Å². The third kappa shape index (κ3) is 6.57. The van der Waals surface area contributed by atoms with Crippen molar-refractivity contribution in [2.75, 3.05) is 0 Å². The quantitative estimate of drug-likeness (QED) is 0.0997. The number of nitrogens with zero attached hydrogens (tertiary/aromatic N) is 2. The minimum absolute atomic E-state index is 0.0148. The number of fused-ring (bicyclic) bond motifs is 14. The average molecular weight is 992 g/mol. The maximum Gasteiger partial charge on any atom is 0.259 e. The van der Waals surface area contributed by atoms with Crippen LogP contribution in [0.15, 0.2) is 128 Å². The second-order valence-electron chi connectivity index (χ2n) is 20.6. The number of carbonyl (C=O) groups excluding carboxylic acids is 4. The number of hydrogen-bond acceptors (Lipinski definition) is 8. The Hall–Kier alpha value is -7.59. The number of carbonyl (C=O) groups is 4. The number of aromatic nitrogens is 4. The van der Waals surface area contributed by atoms with Gasteiger partial charge < -0.3 is 38.0 Å². The molecule has 2 fully saturated rings. The molecule has 0 radical (unpaired) electrons. The van der Waals surface area contributed by atoms with Gasteiger partial charge in [-0.2, -0.15) is 0 Å². The van der Waals surface area contributed by atoms with Crippen molar-refractivity contribution in [2.24, 2.45) is 0 Å². The van der Waals surface area contributed by atoms with Crippen LogP contribution in [0.4, 0.5) is 0 Å². The van der Waals surface area contributed by atoms with Gasteiger partial charge in [-0.05, 0) is 52.0 Å². The number of hydrogen-bond donors (Lipinski definition) is 4. The molecule has 5 aromatic carbocycles. The number of halogens is 1. The fourth-order valence-electron chi connectivity index (χ4n) is 12.6. The number of ether oxygens (including phenoxy) is 4. The van der Waals surface area contributed by atoms with Crippen LogP contribution >= 0.6 is 11.6 Å². The maximum absolute atomic E-state index is 13.3. The van der Waals surface area contributed by atoms with E-state index in [1.165, 1.54) is 0 Å². The van der Waals surface area contributed by atoms with Gasteiger partial charge in [0.25, 0.3) is 23.6 Å². The van der Waals surface area contributed by atoms with Gasteiger partial charge in [-0.25, -0.2) is 0 Å². The summed E-state index contributed by atoms with van der Waals surface area (Å²) in [4.78, 5) is 59.6.